The molecule has 0 heterocycles. The summed E-state index contributed by atoms with van der Waals surface area (Å²) >= 11 is 5.60. The number of rotatable bonds is 16. The Morgan fingerprint density at radius 3 is 2.06 bits per heavy atom. The molecule has 184 valence electrons. The molecule has 15 heteroatoms. The molecule has 0 saturated carbocycles. The Hall–Kier alpha value is -2.23. The number of thioether (sulfide) groups is 1. The van der Waals surface area contributed by atoms with Crippen molar-refractivity contribution < 1.29 is 29.4 Å². The first-order chi connectivity index (χ1) is 15.1. The molecule has 0 spiro atoms. The number of nitrogens with one attached hydrogen (secondary N) is 3. The summed E-state index contributed by atoms with van der Waals surface area (Å²) in [6, 6.07) is -4.60. The van der Waals surface area contributed by atoms with Gasteiger partial charge in [-0.15, -0.1) is 0 Å². The van der Waals surface area contributed by atoms with Gasteiger partial charge in [0, 0.05) is 12.3 Å². The van der Waals surface area contributed by atoms with Crippen LogP contribution in [0.5, 0.6) is 0 Å². The number of carboxylic acids is 1. The van der Waals surface area contributed by atoms with Crippen LogP contribution in [0.25, 0.3) is 0 Å². The van der Waals surface area contributed by atoms with E-state index < -0.39 is 54.5 Å². The lowest BCUT2D eigenvalue weighted by molar-refractivity contribution is -0.143. The molecule has 0 aromatic rings. The molecule has 0 saturated heterocycles. The van der Waals surface area contributed by atoms with Crippen molar-refractivity contribution in [1.29, 1.82) is 0 Å². The van der Waals surface area contributed by atoms with Crippen LogP contribution in [0.2, 0.25) is 0 Å². The fourth-order valence-electron chi connectivity index (χ4n) is 2.35. The van der Waals surface area contributed by atoms with E-state index in [1.807, 2.05) is 6.26 Å². The van der Waals surface area contributed by atoms with E-state index in [2.05, 4.69) is 33.6 Å². The largest absolute Gasteiger partial charge is 0.480 e. The molecule has 11 N–H and O–H groups in total. The van der Waals surface area contributed by atoms with Gasteiger partial charge in [0.2, 0.25) is 17.7 Å². The summed E-state index contributed by atoms with van der Waals surface area (Å²) in [6.45, 7) is -0.666. The second-order valence-corrected chi connectivity index (χ2v) is 8.07. The third-order valence-corrected chi connectivity index (χ3v) is 5.17. The third-order valence-electron chi connectivity index (χ3n) is 4.16. The number of carboxylic acid groups (broad SMARTS) is 1. The zero-order valence-corrected chi connectivity index (χ0v) is 19.5. The number of aliphatic hydroxyl groups is 1. The number of carbonyl (C=O) groups is 4. The van der Waals surface area contributed by atoms with Gasteiger partial charge in [-0.25, -0.2) is 4.79 Å². The van der Waals surface area contributed by atoms with Crippen LogP contribution in [-0.2, 0) is 19.2 Å². The van der Waals surface area contributed by atoms with Gasteiger partial charge in [-0.2, -0.15) is 24.4 Å². The third kappa shape index (κ3) is 12.0. The summed E-state index contributed by atoms with van der Waals surface area (Å²) < 4.78 is 0. The standard InChI is InChI=1S/C17H33N7O6S2/c1-32-6-4-9(18)13(26)24-12(8-31)15(28)22-10(3-2-5-21-17(19)20)14(27)23-11(7-25)16(29)30/h9-12,25,31H,2-8,18H2,1H3,(H,22,28)(H,23,27)(H,24,26)(H,29,30)(H4,19,20,21). The highest BCUT2D eigenvalue weighted by molar-refractivity contribution is 7.98. The van der Waals surface area contributed by atoms with Crippen LogP contribution in [-0.4, -0.2) is 94.9 Å². The normalized spacial score (nSPS) is 14.4. The van der Waals surface area contributed by atoms with Crippen LogP contribution in [0.15, 0.2) is 4.99 Å². The second kappa shape index (κ2) is 16.4. The van der Waals surface area contributed by atoms with Gasteiger partial charge in [-0.1, -0.05) is 0 Å². The number of aliphatic hydroxyl groups excluding tert-OH is 1. The minimum absolute atomic E-state index is 0.0621. The highest BCUT2D eigenvalue weighted by Crippen LogP contribution is 2.03. The summed E-state index contributed by atoms with van der Waals surface area (Å²) in [6.07, 6.45) is 2.64. The van der Waals surface area contributed by atoms with Crippen LogP contribution in [0.4, 0.5) is 0 Å². The minimum Gasteiger partial charge on any atom is -0.480 e. The molecule has 0 radical (unpaired) electrons. The molecular weight excluding hydrogens is 462 g/mol. The Kier molecular flexibility index (Phi) is 15.3. The number of guanidine groups is 1. The first kappa shape index (κ1) is 29.8. The molecule has 0 aromatic carbocycles. The smallest absolute Gasteiger partial charge is 0.328 e. The van der Waals surface area contributed by atoms with Crippen molar-refractivity contribution >= 4 is 54.0 Å². The van der Waals surface area contributed by atoms with Crippen LogP contribution >= 0.6 is 24.4 Å². The van der Waals surface area contributed by atoms with E-state index in [9.17, 15) is 19.2 Å². The minimum atomic E-state index is -1.55. The molecule has 32 heavy (non-hydrogen) atoms. The molecule has 4 atom stereocenters. The van der Waals surface area contributed by atoms with E-state index in [1.165, 1.54) is 11.8 Å². The van der Waals surface area contributed by atoms with Crippen molar-refractivity contribution in [2.24, 2.45) is 22.2 Å². The fraction of sp³-hybridized carbons (Fsp3) is 0.706. The van der Waals surface area contributed by atoms with Crippen molar-refractivity contribution in [2.75, 3.05) is 30.9 Å². The summed E-state index contributed by atoms with van der Waals surface area (Å²) in [5.41, 5.74) is 16.3. The summed E-state index contributed by atoms with van der Waals surface area (Å²) in [5.74, 6) is -3.05. The molecule has 0 aliphatic carbocycles. The number of carbonyl (C=O) groups excluding carboxylic acids is 3. The Labute approximate surface area is 196 Å². The van der Waals surface area contributed by atoms with Crippen molar-refractivity contribution in [1.82, 2.24) is 16.0 Å². The molecular formula is C17H33N7O6S2. The Bertz CT molecular complexity index is 663. The Morgan fingerprint density at radius 1 is 1.00 bits per heavy atom. The van der Waals surface area contributed by atoms with Crippen LogP contribution in [0.3, 0.4) is 0 Å². The molecule has 0 aromatic heterocycles. The van der Waals surface area contributed by atoms with Crippen molar-refractivity contribution in [3.8, 4) is 0 Å². The molecule has 0 aliphatic heterocycles. The predicted molar refractivity (Wildman–Crippen MR) is 125 cm³/mol. The number of aliphatic carboxylic acids is 1. The van der Waals surface area contributed by atoms with Gasteiger partial charge < -0.3 is 43.4 Å². The molecule has 3 amide bonds. The van der Waals surface area contributed by atoms with Crippen LogP contribution in [0, 0.1) is 0 Å². The number of nitrogens with two attached hydrogens (primary N) is 3. The highest BCUT2D eigenvalue weighted by Gasteiger charge is 2.29. The van der Waals surface area contributed by atoms with Gasteiger partial charge >= 0.3 is 5.97 Å². The zero-order valence-electron chi connectivity index (χ0n) is 17.8. The maximum atomic E-state index is 12.7. The number of aliphatic imine (C=N–C) groups is 1. The predicted octanol–water partition coefficient (Wildman–Crippen LogP) is -3.42. The van der Waals surface area contributed by atoms with E-state index >= 15 is 0 Å². The molecule has 4 unspecified atom stereocenters. The van der Waals surface area contributed by atoms with E-state index in [1.54, 1.807) is 0 Å². The zero-order chi connectivity index (χ0) is 24.7. The van der Waals surface area contributed by atoms with Crippen molar-refractivity contribution in [3.05, 3.63) is 0 Å². The Morgan fingerprint density at radius 2 is 1.56 bits per heavy atom. The molecule has 13 nitrogen and oxygen atoms in total. The van der Waals surface area contributed by atoms with E-state index in [0.717, 1.165) is 0 Å². The van der Waals surface area contributed by atoms with E-state index in [4.69, 9.17) is 27.4 Å². The number of hydrogen-bond donors (Lipinski definition) is 9. The first-order valence-corrected chi connectivity index (χ1v) is 11.8. The van der Waals surface area contributed by atoms with Gasteiger partial charge in [-0.05, 0) is 31.3 Å². The second-order valence-electron chi connectivity index (χ2n) is 6.72. The maximum absolute atomic E-state index is 12.7. The number of nitrogens with zero attached hydrogens (tertiary/aromatic N) is 1. The van der Waals surface area contributed by atoms with Crippen LogP contribution < -0.4 is 33.2 Å². The lowest BCUT2D eigenvalue weighted by Crippen LogP contribution is -2.58. The molecule has 0 aliphatic rings. The quantitative estimate of drug-likeness (QED) is 0.0445. The van der Waals surface area contributed by atoms with E-state index in [-0.39, 0.29) is 31.1 Å². The summed E-state index contributed by atoms with van der Waals surface area (Å²) in [5, 5.41) is 25.2. The summed E-state index contributed by atoms with van der Waals surface area (Å²) in [7, 11) is 0. The van der Waals surface area contributed by atoms with Gasteiger partial charge in [0.1, 0.15) is 18.1 Å². The monoisotopic (exact) mass is 495 g/mol. The topological polar surface area (TPSA) is 235 Å². The van der Waals surface area contributed by atoms with Gasteiger partial charge in [0.25, 0.3) is 0 Å². The van der Waals surface area contributed by atoms with Gasteiger partial charge in [0.15, 0.2) is 5.96 Å². The highest BCUT2D eigenvalue weighted by atomic mass is 32.2. The van der Waals surface area contributed by atoms with Gasteiger partial charge in [-0.3, -0.25) is 19.4 Å². The fourth-order valence-corrected chi connectivity index (χ4v) is 3.10. The maximum Gasteiger partial charge on any atom is 0.328 e. The van der Waals surface area contributed by atoms with Gasteiger partial charge in [0.05, 0.1) is 12.6 Å². The number of amides is 3. The molecule has 0 bridgehead atoms. The molecule has 0 rings (SSSR count). The Balaban J connectivity index is 5.23. The lowest BCUT2D eigenvalue weighted by atomic mass is 10.1. The van der Waals surface area contributed by atoms with Crippen molar-refractivity contribution in [2.45, 2.75) is 43.4 Å². The average Bonchev–Trinajstić information content (AvgIpc) is 2.74. The average molecular weight is 496 g/mol. The lowest BCUT2D eigenvalue weighted by Gasteiger charge is -2.24. The molecule has 0 fully saturated rings. The van der Waals surface area contributed by atoms with E-state index in [0.29, 0.717) is 12.2 Å². The van der Waals surface area contributed by atoms with Crippen molar-refractivity contribution in [3.63, 3.8) is 0 Å². The first-order valence-electron chi connectivity index (χ1n) is 9.72. The number of hydrogen-bond acceptors (Lipinski definition) is 9. The van der Waals surface area contributed by atoms with Crippen LogP contribution in [0.1, 0.15) is 19.3 Å². The number of thiol groups is 1. The SMILES string of the molecule is CSCCC(N)C(=O)NC(CS)C(=O)NC(CCCN=C(N)N)C(=O)NC(CO)C(=O)O. The summed E-state index contributed by atoms with van der Waals surface area (Å²) in [4.78, 5) is 52.3.